The van der Waals surface area contributed by atoms with E-state index in [0.29, 0.717) is 6.04 Å². The SMILES string of the molecule is NCCCN(c1ncnc2ccccc12)C1CC1. The van der Waals surface area contributed by atoms with Crippen LogP contribution in [0, 0.1) is 0 Å². The van der Waals surface area contributed by atoms with Crippen LogP contribution in [0.2, 0.25) is 0 Å². The molecule has 0 saturated heterocycles. The van der Waals surface area contributed by atoms with Gasteiger partial charge >= 0.3 is 0 Å². The number of benzene rings is 1. The van der Waals surface area contributed by atoms with Crippen molar-refractivity contribution in [2.45, 2.75) is 25.3 Å². The van der Waals surface area contributed by atoms with Gasteiger partial charge in [-0.05, 0) is 37.9 Å². The Labute approximate surface area is 107 Å². The highest BCUT2D eigenvalue weighted by Crippen LogP contribution is 2.33. The lowest BCUT2D eigenvalue weighted by Gasteiger charge is -2.24. The van der Waals surface area contributed by atoms with Gasteiger partial charge in [-0.1, -0.05) is 12.1 Å². The van der Waals surface area contributed by atoms with Crippen LogP contribution in [0.15, 0.2) is 30.6 Å². The summed E-state index contributed by atoms with van der Waals surface area (Å²) in [6.45, 7) is 1.72. The van der Waals surface area contributed by atoms with Crippen LogP contribution >= 0.6 is 0 Å². The Morgan fingerprint density at radius 3 is 2.83 bits per heavy atom. The number of para-hydroxylation sites is 1. The second-order valence-corrected chi connectivity index (χ2v) is 4.78. The van der Waals surface area contributed by atoms with E-state index >= 15 is 0 Å². The molecule has 0 unspecified atom stereocenters. The molecule has 1 aromatic carbocycles. The predicted molar refractivity (Wildman–Crippen MR) is 73.6 cm³/mol. The molecule has 1 aromatic heterocycles. The third-order valence-corrected chi connectivity index (χ3v) is 3.38. The van der Waals surface area contributed by atoms with Gasteiger partial charge in [0.05, 0.1) is 5.52 Å². The molecule has 1 saturated carbocycles. The van der Waals surface area contributed by atoms with E-state index in [-0.39, 0.29) is 0 Å². The number of aromatic nitrogens is 2. The molecule has 0 atom stereocenters. The van der Waals surface area contributed by atoms with Gasteiger partial charge in [-0.2, -0.15) is 0 Å². The van der Waals surface area contributed by atoms with Gasteiger partial charge in [0.1, 0.15) is 12.1 Å². The monoisotopic (exact) mass is 242 g/mol. The number of fused-ring (bicyclic) bond motifs is 1. The number of nitrogens with zero attached hydrogens (tertiary/aromatic N) is 3. The van der Waals surface area contributed by atoms with Crippen molar-refractivity contribution in [1.82, 2.24) is 9.97 Å². The number of hydrogen-bond acceptors (Lipinski definition) is 4. The number of hydrogen-bond donors (Lipinski definition) is 1. The highest BCUT2D eigenvalue weighted by molar-refractivity contribution is 5.89. The van der Waals surface area contributed by atoms with Crippen LogP contribution in [-0.2, 0) is 0 Å². The zero-order chi connectivity index (χ0) is 12.4. The van der Waals surface area contributed by atoms with E-state index in [0.717, 1.165) is 36.2 Å². The summed E-state index contributed by atoms with van der Waals surface area (Å²) in [4.78, 5) is 11.2. The van der Waals surface area contributed by atoms with Gasteiger partial charge < -0.3 is 10.6 Å². The van der Waals surface area contributed by atoms with Crippen molar-refractivity contribution in [2.75, 3.05) is 18.0 Å². The average Bonchev–Trinajstić information content (AvgIpc) is 3.24. The van der Waals surface area contributed by atoms with Crippen molar-refractivity contribution < 1.29 is 0 Å². The third-order valence-electron chi connectivity index (χ3n) is 3.38. The molecule has 1 aliphatic rings. The van der Waals surface area contributed by atoms with Gasteiger partial charge in [0.15, 0.2) is 0 Å². The summed E-state index contributed by atoms with van der Waals surface area (Å²) >= 11 is 0. The van der Waals surface area contributed by atoms with Crippen LogP contribution in [0.25, 0.3) is 10.9 Å². The summed E-state index contributed by atoms with van der Waals surface area (Å²) in [5, 5.41) is 1.14. The topological polar surface area (TPSA) is 55.0 Å². The van der Waals surface area contributed by atoms with Crippen LogP contribution in [0.4, 0.5) is 5.82 Å². The Morgan fingerprint density at radius 2 is 2.06 bits per heavy atom. The fourth-order valence-electron chi connectivity index (χ4n) is 2.33. The molecule has 0 amide bonds. The molecule has 0 radical (unpaired) electrons. The molecule has 1 fully saturated rings. The largest absolute Gasteiger partial charge is 0.353 e. The average molecular weight is 242 g/mol. The van der Waals surface area contributed by atoms with E-state index in [9.17, 15) is 0 Å². The Kier molecular flexibility index (Phi) is 3.11. The third kappa shape index (κ3) is 2.16. The minimum Gasteiger partial charge on any atom is -0.353 e. The minimum atomic E-state index is 0.648. The summed E-state index contributed by atoms with van der Waals surface area (Å²) in [5.74, 6) is 1.07. The maximum atomic E-state index is 5.63. The van der Waals surface area contributed by atoms with Crippen LogP contribution in [0.1, 0.15) is 19.3 Å². The van der Waals surface area contributed by atoms with Crippen molar-refractivity contribution in [3.05, 3.63) is 30.6 Å². The van der Waals surface area contributed by atoms with Crippen LogP contribution in [0.5, 0.6) is 0 Å². The van der Waals surface area contributed by atoms with Crippen LogP contribution in [-0.4, -0.2) is 29.1 Å². The van der Waals surface area contributed by atoms with Gasteiger partial charge in [-0.3, -0.25) is 0 Å². The predicted octanol–water partition coefficient (Wildman–Crippen LogP) is 1.95. The smallest absolute Gasteiger partial charge is 0.140 e. The van der Waals surface area contributed by atoms with Gasteiger partial charge in [0.2, 0.25) is 0 Å². The zero-order valence-electron chi connectivity index (χ0n) is 10.4. The summed E-state index contributed by atoms with van der Waals surface area (Å²) < 4.78 is 0. The number of rotatable bonds is 5. The van der Waals surface area contributed by atoms with E-state index in [1.165, 1.54) is 12.8 Å². The van der Waals surface area contributed by atoms with E-state index in [1.807, 2.05) is 18.2 Å². The van der Waals surface area contributed by atoms with E-state index in [4.69, 9.17) is 5.73 Å². The fraction of sp³-hybridized carbons (Fsp3) is 0.429. The Hall–Kier alpha value is -1.68. The fourth-order valence-corrected chi connectivity index (χ4v) is 2.33. The lowest BCUT2D eigenvalue weighted by Crippen LogP contribution is -2.29. The summed E-state index contributed by atoms with van der Waals surface area (Å²) in [5.41, 5.74) is 6.64. The Bertz CT molecular complexity index is 531. The zero-order valence-corrected chi connectivity index (χ0v) is 10.4. The highest BCUT2D eigenvalue weighted by atomic mass is 15.2. The molecule has 2 N–H and O–H groups in total. The van der Waals surface area contributed by atoms with E-state index in [2.05, 4.69) is 20.9 Å². The molecule has 1 heterocycles. The van der Waals surface area contributed by atoms with Crippen LogP contribution in [0.3, 0.4) is 0 Å². The molecule has 18 heavy (non-hydrogen) atoms. The van der Waals surface area contributed by atoms with Crippen LogP contribution < -0.4 is 10.6 Å². The number of nitrogens with two attached hydrogens (primary N) is 1. The molecule has 0 aliphatic heterocycles. The highest BCUT2D eigenvalue weighted by Gasteiger charge is 2.30. The van der Waals surface area contributed by atoms with E-state index < -0.39 is 0 Å². The molecule has 0 bridgehead atoms. The standard InChI is InChI=1S/C14H18N4/c15-8-3-9-18(11-6-7-11)14-12-4-1-2-5-13(12)16-10-17-14/h1-2,4-5,10-11H,3,6-9,15H2. The normalized spacial score (nSPS) is 14.9. The molecular weight excluding hydrogens is 224 g/mol. The second kappa shape index (κ2) is 4.90. The molecular formula is C14H18N4. The first-order valence-electron chi connectivity index (χ1n) is 6.56. The molecule has 0 spiro atoms. The van der Waals surface area contributed by atoms with Gasteiger partial charge in [0, 0.05) is 18.0 Å². The first-order valence-corrected chi connectivity index (χ1v) is 6.56. The van der Waals surface area contributed by atoms with Crippen molar-refractivity contribution >= 4 is 16.7 Å². The van der Waals surface area contributed by atoms with Gasteiger partial charge in [-0.15, -0.1) is 0 Å². The quantitative estimate of drug-likeness (QED) is 0.870. The molecule has 1 aliphatic carbocycles. The molecule has 4 nitrogen and oxygen atoms in total. The maximum absolute atomic E-state index is 5.63. The van der Waals surface area contributed by atoms with Crippen molar-refractivity contribution in [3.8, 4) is 0 Å². The summed E-state index contributed by atoms with van der Waals surface area (Å²) in [6, 6.07) is 8.84. The van der Waals surface area contributed by atoms with Crippen molar-refractivity contribution in [1.29, 1.82) is 0 Å². The van der Waals surface area contributed by atoms with Gasteiger partial charge in [0.25, 0.3) is 0 Å². The summed E-state index contributed by atoms with van der Waals surface area (Å²) in [6.07, 6.45) is 5.20. The first-order chi connectivity index (χ1) is 8.90. The molecule has 3 rings (SSSR count). The molecule has 4 heteroatoms. The lowest BCUT2D eigenvalue weighted by atomic mass is 10.2. The Morgan fingerprint density at radius 1 is 1.22 bits per heavy atom. The molecule has 94 valence electrons. The molecule has 2 aromatic rings. The van der Waals surface area contributed by atoms with Gasteiger partial charge in [-0.25, -0.2) is 9.97 Å². The van der Waals surface area contributed by atoms with Crippen molar-refractivity contribution in [2.24, 2.45) is 5.73 Å². The Balaban J connectivity index is 2.00. The summed E-state index contributed by atoms with van der Waals surface area (Å²) in [7, 11) is 0. The number of anilines is 1. The second-order valence-electron chi connectivity index (χ2n) is 4.78. The first kappa shape index (κ1) is 11.4. The van der Waals surface area contributed by atoms with E-state index in [1.54, 1.807) is 6.33 Å². The minimum absolute atomic E-state index is 0.648. The maximum Gasteiger partial charge on any atom is 0.140 e. The van der Waals surface area contributed by atoms with Crippen molar-refractivity contribution in [3.63, 3.8) is 0 Å². The lowest BCUT2D eigenvalue weighted by molar-refractivity contribution is 0.725.